The highest BCUT2D eigenvalue weighted by Gasteiger charge is 2.74. The number of hydrogen-bond donors (Lipinski definition) is 0. The highest BCUT2D eigenvalue weighted by Crippen LogP contribution is 2.80. The van der Waals surface area contributed by atoms with Crippen LogP contribution in [0.25, 0.3) is 60.6 Å². The van der Waals surface area contributed by atoms with Crippen molar-refractivity contribution in [2.24, 2.45) is 40.9 Å². The van der Waals surface area contributed by atoms with Gasteiger partial charge in [0.05, 0.1) is 11.0 Å². The average molecular weight is 777 g/mol. The average Bonchev–Trinajstić information content (AvgIpc) is 3.84. The lowest BCUT2D eigenvalue weighted by atomic mass is 9.25. The lowest BCUT2D eigenvalue weighted by molar-refractivity contribution is -0.266. The zero-order valence-electron chi connectivity index (χ0n) is 34.1. The van der Waals surface area contributed by atoms with Crippen LogP contribution in [0.3, 0.4) is 0 Å². The Morgan fingerprint density at radius 3 is 1.97 bits per heavy atom. The van der Waals surface area contributed by atoms with Crippen molar-refractivity contribution in [3.05, 3.63) is 169 Å². The van der Waals surface area contributed by atoms with Crippen molar-refractivity contribution >= 4 is 60.8 Å². The number of furan rings is 1. The minimum Gasteiger partial charge on any atom is -0.456 e. The van der Waals surface area contributed by atoms with Crippen molar-refractivity contribution < 1.29 is 4.42 Å². The normalized spacial score (nSPS) is 28.5. The molecular weight excluding hydrogens is 729 g/mol. The van der Waals surface area contributed by atoms with Gasteiger partial charge in [0.1, 0.15) is 11.2 Å². The lowest BCUT2D eigenvalue weighted by Gasteiger charge is -2.79. The maximum Gasteiger partial charge on any atom is 0.137 e. The minimum absolute atomic E-state index is 0.337. The number of hydrogen-bond acceptors (Lipinski definition) is 2. The van der Waals surface area contributed by atoms with Crippen LogP contribution in [0.4, 0.5) is 17.1 Å². The number of benzene rings is 7. The molecular formula is C57H48N2O. The van der Waals surface area contributed by atoms with Gasteiger partial charge in [0.15, 0.2) is 0 Å². The predicted octanol–water partition coefficient (Wildman–Crippen LogP) is 15.2. The van der Waals surface area contributed by atoms with E-state index in [1.54, 1.807) is 5.56 Å². The monoisotopic (exact) mass is 776 g/mol. The van der Waals surface area contributed by atoms with E-state index in [4.69, 9.17) is 4.42 Å². The summed E-state index contributed by atoms with van der Waals surface area (Å²) in [6.45, 7) is 2.74. The van der Waals surface area contributed by atoms with Gasteiger partial charge in [0, 0.05) is 55.8 Å². The Labute approximate surface area is 351 Å². The van der Waals surface area contributed by atoms with Crippen LogP contribution in [-0.4, -0.2) is 4.57 Å². The standard InChI is InChI=1S/C57H48N2O/c1-56-33-35-27-47-48-28-36(29-50(47)56)34-57(56,51(48)30-35)39-18-22-42(23-19-39)58(43-24-25-46-45-12-6-8-14-54(45)60-55(46)32-43)41-20-15-37(16-21-41)38-17-26-53-49(31-38)44-11-5-7-13-52(44)59(53)40-9-3-2-4-10-40/h2-26,31-32,35-36,47-48,50-51H,27-30,33-34H2,1H3. The molecule has 7 aromatic carbocycles. The molecule has 0 radical (unpaired) electrons. The zero-order chi connectivity index (χ0) is 39.3. The number of fused-ring (bicyclic) bond motifs is 6. The minimum atomic E-state index is 0.337. The summed E-state index contributed by atoms with van der Waals surface area (Å²) in [7, 11) is 0. The molecule has 7 fully saturated rings. The van der Waals surface area contributed by atoms with Crippen molar-refractivity contribution in [1.82, 2.24) is 4.57 Å². The molecule has 7 saturated carbocycles. The summed E-state index contributed by atoms with van der Waals surface area (Å²) in [6.07, 6.45) is 8.86. The van der Waals surface area contributed by atoms with E-state index in [0.29, 0.717) is 10.8 Å². The lowest BCUT2D eigenvalue weighted by Crippen LogP contribution is -2.74. The van der Waals surface area contributed by atoms with Crippen LogP contribution in [-0.2, 0) is 5.41 Å². The van der Waals surface area contributed by atoms with Gasteiger partial charge in [0.2, 0.25) is 0 Å². The molecule has 0 amide bonds. The molecule has 3 heteroatoms. The van der Waals surface area contributed by atoms with Gasteiger partial charge in [-0.25, -0.2) is 0 Å². The number of para-hydroxylation sites is 3. The third kappa shape index (κ3) is 4.40. The fraction of sp³-hybridized carbons (Fsp3) is 0.263. The number of anilines is 3. The molecule has 60 heavy (non-hydrogen) atoms. The molecule has 8 bridgehead atoms. The summed E-state index contributed by atoms with van der Waals surface area (Å²) >= 11 is 0. The van der Waals surface area contributed by atoms with Gasteiger partial charge >= 0.3 is 0 Å². The summed E-state index contributed by atoms with van der Waals surface area (Å²) in [5, 5.41) is 4.86. The maximum atomic E-state index is 6.48. The van der Waals surface area contributed by atoms with E-state index in [9.17, 15) is 0 Å². The summed E-state index contributed by atoms with van der Waals surface area (Å²) in [6, 6.07) is 60.8. The quantitative estimate of drug-likeness (QED) is 0.168. The molecule has 16 rings (SSSR count). The smallest absolute Gasteiger partial charge is 0.137 e. The van der Waals surface area contributed by atoms with Crippen LogP contribution in [0.5, 0.6) is 0 Å². The second-order valence-electron chi connectivity index (χ2n) is 19.6. The molecule has 8 unspecified atom stereocenters. The van der Waals surface area contributed by atoms with Crippen molar-refractivity contribution in [3.8, 4) is 16.8 Å². The molecule has 0 spiro atoms. The first kappa shape index (κ1) is 33.7. The van der Waals surface area contributed by atoms with Crippen molar-refractivity contribution in [3.63, 3.8) is 0 Å². The summed E-state index contributed by atoms with van der Waals surface area (Å²) in [5.74, 6) is 5.63. The number of aromatic nitrogens is 1. The fourth-order valence-electron chi connectivity index (χ4n) is 15.1. The van der Waals surface area contributed by atoms with Gasteiger partial charge in [-0.05, 0) is 169 Å². The molecule has 7 aliphatic rings. The number of rotatable bonds is 6. The molecule has 0 saturated heterocycles. The third-order valence-electron chi connectivity index (χ3n) is 17.2. The van der Waals surface area contributed by atoms with Crippen molar-refractivity contribution in [2.75, 3.05) is 4.90 Å². The van der Waals surface area contributed by atoms with Crippen LogP contribution in [0.2, 0.25) is 0 Å². The summed E-state index contributed by atoms with van der Waals surface area (Å²) in [5.41, 5.74) is 13.8. The van der Waals surface area contributed by atoms with E-state index in [2.05, 4.69) is 180 Å². The van der Waals surface area contributed by atoms with Crippen LogP contribution >= 0.6 is 0 Å². The van der Waals surface area contributed by atoms with Crippen LogP contribution in [0.15, 0.2) is 168 Å². The van der Waals surface area contributed by atoms with Gasteiger partial charge in [0.25, 0.3) is 0 Å². The van der Waals surface area contributed by atoms with Gasteiger partial charge in [-0.15, -0.1) is 0 Å². The maximum absolute atomic E-state index is 6.48. The zero-order valence-corrected chi connectivity index (χ0v) is 34.1. The largest absolute Gasteiger partial charge is 0.456 e. The van der Waals surface area contributed by atoms with E-state index in [1.807, 2.05) is 0 Å². The Balaban J connectivity index is 0.874. The van der Waals surface area contributed by atoms with Crippen LogP contribution < -0.4 is 4.90 Å². The van der Waals surface area contributed by atoms with E-state index < -0.39 is 0 Å². The Kier molecular flexibility index (Phi) is 6.77. The Morgan fingerprint density at radius 1 is 0.500 bits per heavy atom. The highest BCUT2D eigenvalue weighted by molar-refractivity contribution is 6.10. The molecule has 9 aromatic rings. The second kappa shape index (κ2) is 12.0. The molecule has 0 N–H and O–H groups in total. The molecule has 0 aliphatic heterocycles. The van der Waals surface area contributed by atoms with Crippen molar-refractivity contribution in [2.45, 2.75) is 50.9 Å². The molecule has 3 nitrogen and oxygen atoms in total. The highest BCUT2D eigenvalue weighted by atomic mass is 16.3. The molecule has 2 aromatic heterocycles. The summed E-state index contributed by atoms with van der Waals surface area (Å²) in [4.78, 5) is 2.44. The van der Waals surface area contributed by atoms with Gasteiger partial charge in [-0.1, -0.05) is 91.9 Å². The first-order valence-electron chi connectivity index (χ1n) is 22.6. The predicted molar refractivity (Wildman–Crippen MR) is 247 cm³/mol. The van der Waals surface area contributed by atoms with Crippen LogP contribution in [0, 0.1) is 40.9 Å². The SMILES string of the molecule is CC12CC3CC4C5CC(CC41)CC2(c1ccc(N(c2ccc(-c4ccc6c(c4)c4ccccc4n6-c4ccccc4)cc2)c2ccc4c(c2)oc2ccccc24)cc1)C5C3. The molecule has 8 atom stereocenters. The van der Waals surface area contributed by atoms with Gasteiger partial charge < -0.3 is 13.9 Å². The topological polar surface area (TPSA) is 21.3 Å². The van der Waals surface area contributed by atoms with E-state index in [-0.39, 0.29) is 0 Å². The Morgan fingerprint density at radius 2 is 1.13 bits per heavy atom. The molecule has 7 aliphatic carbocycles. The second-order valence-corrected chi connectivity index (χ2v) is 19.6. The van der Waals surface area contributed by atoms with Crippen molar-refractivity contribution in [1.29, 1.82) is 0 Å². The fourth-order valence-corrected chi connectivity index (χ4v) is 15.1. The first-order chi connectivity index (χ1) is 29.5. The third-order valence-corrected chi connectivity index (χ3v) is 17.2. The van der Waals surface area contributed by atoms with E-state index >= 15 is 0 Å². The van der Waals surface area contributed by atoms with Gasteiger partial charge in [-0.3, -0.25) is 0 Å². The van der Waals surface area contributed by atoms with E-state index in [1.165, 1.54) is 82.8 Å². The van der Waals surface area contributed by atoms with Gasteiger partial charge in [-0.2, -0.15) is 0 Å². The summed E-state index contributed by atoms with van der Waals surface area (Å²) < 4.78 is 8.87. The molecule has 2 heterocycles. The number of nitrogens with zero attached hydrogens (tertiary/aromatic N) is 2. The Bertz CT molecular complexity index is 3170. The van der Waals surface area contributed by atoms with Crippen LogP contribution in [0.1, 0.15) is 51.0 Å². The Hall–Kier alpha value is -6.06. The first-order valence-corrected chi connectivity index (χ1v) is 22.6. The van der Waals surface area contributed by atoms with E-state index in [0.717, 1.165) is 68.8 Å². The molecule has 292 valence electrons.